The van der Waals surface area contributed by atoms with Gasteiger partial charge in [-0.25, -0.2) is 0 Å². The van der Waals surface area contributed by atoms with Crippen LogP contribution in [0.2, 0.25) is 0 Å². The molecule has 42 heavy (non-hydrogen) atoms. The lowest BCUT2D eigenvalue weighted by Crippen LogP contribution is -2.37. The third-order valence-electron chi connectivity index (χ3n) is 8.01. The Hall–Kier alpha value is -3.89. The molecular weight excluding hydrogens is 547 g/mol. The van der Waals surface area contributed by atoms with E-state index < -0.39 is 23.7 Å². The van der Waals surface area contributed by atoms with Crippen molar-refractivity contribution in [3.05, 3.63) is 64.5 Å². The fourth-order valence-corrected chi connectivity index (χ4v) is 5.94. The van der Waals surface area contributed by atoms with Gasteiger partial charge >= 0.3 is 6.18 Å². The number of halogens is 3. The van der Waals surface area contributed by atoms with Crippen LogP contribution in [-0.2, 0) is 6.18 Å². The van der Waals surface area contributed by atoms with E-state index in [1.54, 1.807) is 17.0 Å². The van der Waals surface area contributed by atoms with E-state index in [4.69, 9.17) is 15.0 Å². The van der Waals surface area contributed by atoms with Crippen molar-refractivity contribution in [3.8, 4) is 17.1 Å². The highest BCUT2D eigenvalue weighted by Crippen LogP contribution is 2.39. The predicted octanol–water partition coefficient (Wildman–Crippen LogP) is 7.01. The van der Waals surface area contributed by atoms with Crippen molar-refractivity contribution in [2.75, 3.05) is 13.2 Å². The number of nitrogens with two attached hydrogens (primary N) is 1. The van der Waals surface area contributed by atoms with Gasteiger partial charge in [0.2, 0.25) is 11.7 Å². The molecular formula is C31H36F3N5O3. The molecule has 2 heterocycles. The van der Waals surface area contributed by atoms with Gasteiger partial charge < -0.3 is 19.9 Å². The highest BCUT2D eigenvalue weighted by Gasteiger charge is 2.36. The Bertz CT molecular complexity index is 1430. The second-order valence-electron chi connectivity index (χ2n) is 11.3. The number of likely N-dealkylation sites (tertiary alicyclic amines) is 1. The van der Waals surface area contributed by atoms with Crippen LogP contribution >= 0.6 is 0 Å². The molecule has 0 radical (unpaired) electrons. The molecule has 1 aliphatic heterocycles. The fourth-order valence-electron chi connectivity index (χ4n) is 5.94. The Balaban J connectivity index is 1.31. The fraction of sp³-hybridized carbons (Fsp3) is 0.484. The molecule has 1 aromatic heterocycles. The zero-order valence-corrected chi connectivity index (χ0v) is 23.9. The summed E-state index contributed by atoms with van der Waals surface area (Å²) in [6, 6.07) is 8.83. The number of rotatable bonds is 7. The van der Waals surface area contributed by atoms with Gasteiger partial charge in [0.15, 0.2) is 5.96 Å². The Morgan fingerprint density at radius 1 is 1.07 bits per heavy atom. The highest BCUT2D eigenvalue weighted by molar-refractivity contribution is 6.02. The summed E-state index contributed by atoms with van der Waals surface area (Å²) in [4.78, 5) is 23.0. The van der Waals surface area contributed by atoms with Crippen molar-refractivity contribution in [2.45, 2.75) is 77.4 Å². The van der Waals surface area contributed by atoms with E-state index in [1.165, 1.54) is 31.4 Å². The topological polar surface area (TPSA) is 107 Å². The van der Waals surface area contributed by atoms with Gasteiger partial charge in [-0.15, -0.1) is 0 Å². The predicted molar refractivity (Wildman–Crippen MR) is 152 cm³/mol. The average molecular weight is 584 g/mol. The molecule has 1 saturated carbocycles. The van der Waals surface area contributed by atoms with Gasteiger partial charge in [0, 0.05) is 17.7 Å². The number of amides is 1. The van der Waals surface area contributed by atoms with Gasteiger partial charge in [-0.3, -0.25) is 4.79 Å². The number of aromatic nitrogens is 2. The van der Waals surface area contributed by atoms with Crippen LogP contribution in [0.3, 0.4) is 0 Å². The molecule has 0 spiro atoms. The van der Waals surface area contributed by atoms with Crippen LogP contribution in [0.1, 0.15) is 90.3 Å². The van der Waals surface area contributed by atoms with E-state index in [1.807, 2.05) is 19.9 Å². The molecule has 2 N–H and O–H groups in total. The molecule has 0 bridgehead atoms. The molecule has 1 saturated heterocycles. The summed E-state index contributed by atoms with van der Waals surface area (Å²) in [5, 5.41) is 3.96. The summed E-state index contributed by atoms with van der Waals surface area (Å²) < 4.78 is 53.0. The summed E-state index contributed by atoms with van der Waals surface area (Å²) >= 11 is 0. The number of carbonyl (C=O) groups is 1. The molecule has 2 aromatic carbocycles. The van der Waals surface area contributed by atoms with Crippen LogP contribution < -0.4 is 10.5 Å². The maximum atomic E-state index is 14.0. The molecule has 2 fully saturated rings. The largest absolute Gasteiger partial charge is 0.493 e. The lowest BCUT2D eigenvalue weighted by molar-refractivity contribution is -0.138. The van der Waals surface area contributed by atoms with Crippen LogP contribution in [0.5, 0.6) is 5.75 Å². The summed E-state index contributed by atoms with van der Waals surface area (Å²) in [5.74, 6) is 0.0839. The standard InChI is InChI=1S/C31H36F3N5O3/c1-19-15-20(2)17-23(16-19)28(40)37-30(35)39-13-6-9-25(39)29-36-27(38-42-29)22-10-11-26(24(18-22)31(32,33)34)41-14-12-21-7-4-3-5-8-21/h10-11,15-18,21,25H,3-9,12-14H2,1-2H3,(H2,35,37,40)/t25-/m0/s1. The third-order valence-corrected chi connectivity index (χ3v) is 8.01. The molecule has 3 aromatic rings. The number of benzene rings is 2. The molecule has 11 heteroatoms. The normalized spacial score (nSPS) is 18.5. The number of hydrogen-bond donors (Lipinski definition) is 1. The van der Waals surface area contributed by atoms with Gasteiger partial charge in [-0.05, 0) is 69.4 Å². The lowest BCUT2D eigenvalue weighted by Gasteiger charge is -2.22. The minimum absolute atomic E-state index is 0.0236. The third kappa shape index (κ3) is 6.94. The van der Waals surface area contributed by atoms with E-state index in [0.717, 1.165) is 42.9 Å². The highest BCUT2D eigenvalue weighted by atomic mass is 19.4. The Morgan fingerprint density at radius 2 is 1.81 bits per heavy atom. The zero-order chi connectivity index (χ0) is 29.9. The number of guanidine groups is 1. The number of aliphatic imine (C=N–C) groups is 1. The number of aryl methyl sites for hydroxylation is 2. The van der Waals surface area contributed by atoms with Crippen LogP contribution in [0.15, 0.2) is 45.9 Å². The van der Waals surface area contributed by atoms with Crippen LogP contribution in [0.25, 0.3) is 11.4 Å². The first-order valence-corrected chi connectivity index (χ1v) is 14.5. The van der Waals surface area contributed by atoms with Crippen LogP contribution in [-0.4, -0.2) is 40.1 Å². The van der Waals surface area contributed by atoms with E-state index in [0.29, 0.717) is 24.4 Å². The summed E-state index contributed by atoms with van der Waals surface area (Å²) in [7, 11) is 0. The lowest BCUT2D eigenvalue weighted by atomic mass is 9.87. The molecule has 2 aliphatic rings. The monoisotopic (exact) mass is 583 g/mol. The number of ether oxygens (including phenoxy) is 1. The number of alkyl halides is 3. The Kier molecular flexibility index (Phi) is 8.84. The second kappa shape index (κ2) is 12.5. The molecule has 1 aliphatic carbocycles. The summed E-state index contributed by atoms with van der Waals surface area (Å²) in [6.45, 7) is 4.56. The first-order chi connectivity index (χ1) is 20.1. The van der Waals surface area contributed by atoms with E-state index in [9.17, 15) is 18.0 Å². The minimum atomic E-state index is -4.61. The van der Waals surface area contributed by atoms with Gasteiger partial charge in [0.25, 0.3) is 5.91 Å². The van der Waals surface area contributed by atoms with Crippen molar-refractivity contribution in [2.24, 2.45) is 16.6 Å². The number of nitrogens with zero attached hydrogens (tertiary/aromatic N) is 4. The molecule has 0 unspecified atom stereocenters. The van der Waals surface area contributed by atoms with Gasteiger partial charge in [0.1, 0.15) is 11.8 Å². The maximum Gasteiger partial charge on any atom is 0.419 e. The van der Waals surface area contributed by atoms with E-state index in [2.05, 4.69) is 15.1 Å². The van der Waals surface area contributed by atoms with Crippen molar-refractivity contribution in [3.63, 3.8) is 0 Å². The molecule has 5 rings (SSSR count). The smallest absolute Gasteiger partial charge is 0.419 e. The Morgan fingerprint density at radius 3 is 2.52 bits per heavy atom. The molecule has 224 valence electrons. The summed E-state index contributed by atoms with van der Waals surface area (Å²) in [5.41, 5.74) is 7.84. The van der Waals surface area contributed by atoms with Crippen LogP contribution in [0.4, 0.5) is 13.2 Å². The minimum Gasteiger partial charge on any atom is -0.493 e. The first-order valence-electron chi connectivity index (χ1n) is 14.5. The van der Waals surface area contributed by atoms with E-state index in [-0.39, 0.29) is 35.6 Å². The first kappa shape index (κ1) is 29.6. The van der Waals surface area contributed by atoms with Crippen molar-refractivity contribution in [1.82, 2.24) is 15.0 Å². The summed E-state index contributed by atoms with van der Waals surface area (Å²) in [6.07, 6.45) is 3.25. The van der Waals surface area contributed by atoms with Crippen molar-refractivity contribution < 1.29 is 27.2 Å². The second-order valence-corrected chi connectivity index (χ2v) is 11.3. The number of carbonyl (C=O) groups excluding carboxylic acids is 1. The van der Waals surface area contributed by atoms with Gasteiger partial charge in [-0.2, -0.15) is 23.1 Å². The molecule has 1 atom stereocenters. The molecule has 8 nitrogen and oxygen atoms in total. The zero-order valence-electron chi connectivity index (χ0n) is 23.9. The maximum absolute atomic E-state index is 14.0. The molecule has 1 amide bonds. The number of hydrogen-bond acceptors (Lipinski definition) is 5. The van der Waals surface area contributed by atoms with Crippen molar-refractivity contribution in [1.29, 1.82) is 0 Å². The van der Waals surface area contributed by atoms with Gasteiger partial charge in [-0.1, -0.05) is 54.5 Å². The quantitative estimate of drug-likeness (QED) is 0.235. The Labute approximate surface area is 243 Å². The average Bonchev–Trinajstić information content (AvgIpc) is 3.63. The van der Waals surface area contributed by atoms with E-state index >= 15 is 0 Å². The van der Waals surface area contributed by atoms with Gasteiger partial charge in [0.05, 0.1) is 12.2 Å². The van der Waals surface area contributed by atoms with Crippen LogP contribution in [0, 0.1) is 19.8 Å². The van der Waals surface area contributed by atoms with Crippen molar-refractivity contribution >= 4 is 11.9 Å². The SMILES string of the molecule is Cc1cc(C)cc(C(=O)N=C(N)N2CCC[C@H]2c2nc(-c3ccc(OCCC4CCCCC4)c(C(F)(F)F)c3)no2)c1.